The van der Waals surface area contributed by atoms with Gasteiger partial charge >= 0.3 is 0 Å². The van der Waals surface area contributed by atoms with Crippen LogP contribution in [0.25, 0.3) is 0 Å². The Balaban J connectivity index is 1.46. The molecule has 3 heteroatoms. The zero-order valence-electron chi connectivity index (χ0n) is 10.8. The standard InChI is InChI=1S/C14H21N3/c1-11-3-4-14(15-6-11)17-9-13(10-17)5-12-7-16(2)8-12/h3-4,6,12-13H,5,7-10H2,1-2H3. The normalized spacial score (nSPS) is 22.4. The van der Waals surface area contributed by atoms with Gasteiger partial charge in [0, 0.05) is 32.4 Å². The predicted octanol–water partition coefficient (Wildman–Crippen LogP) is 1.78. The number of aromatic nitrogens is 1. The van der Waals surface area contributed by atoms with E-state index in [0.717, 1.165) is 17.7 Å². The third-order valence-electron chi connectivity index (χ3n) is 3.98. The first-order valence-electron chi connectivity index (χ1n) is 6.57. The lowest BCUT2D eigenvalue weighted by atomic mass is 9.85. The van der Waals surface area contributed by atoms with E-state index in [1.165, 1.54) is 38.2 Å². The molecule has 1 aromatic rings. The van der Waals surface area contributed by atoms with E-state index in [1.54, 1.807) is 0 Å². The van der Waals surface area contributed by atoms with E-state index in [1.807, 2.05) is 6.20 Å². The molecule has 0 spiro atoms. The van der Waals surface area contributed by atoms with Gasteiger partial charge in [-0.05, 0) is 43.9 Å². The minimum atomic E-state index is 0.900. The Morgan fingerprint density at radius 3 is 2.47 bits per heavy atom. The number of hydrogen-bond acceptors (Lipinski definition) is 3. The average Bonchev–Trinajstić information content (AvgIpc) is 2.21. The average molecular weight is 231 g/mol. The molecule has 0 aromatic carbocycles. The molecule has 3 heterocycles. The van der Waals surface area contributed by atoms with Crippen molar-refractivity contribution in [3.05, 3.63) is 23.9 Å². The Morgan fingerprint density at radius 2 is 1.88 bits per heavy atom. The molecule has 0 aliphatic carbocycles. The van der Waals surface area contributed by atoms with Gasteiger partial charge in [-0.3, -0.25) is 0 Å². The SMILES string of the molecule is Cc1ccc(N2CC(CC3CN(C)C3)C2)nc1. The first-order chi connectivity index (χ1) is 8.20. The Labute approximate surface area is 103 Å². The molecule has 0 atom stereocenters. The first kappa shape index (κ1) is 11.0. The highest BCUT2D eigenvalue weighted by Crippen LogP contribution is 2.30. The molecule has 0 unspecified atom stereocenters. The number of pyridine rings is 1. The van der Waals surface area contributed by atoms with Crippen LogP contribution in [-0.2, 0) is 0 Å². The number of rotatable bonds is 3. The van der Waals surface area contributed by atoms with Crippen LogP contribution in [0.15, 0.2) is 18.3 Å². The number of nitrogens with zero attached hydrogens (tertiary/aromatic N) is 3. The summed E-state index contributed by atoms with van der Waals surface area (Å²) in [5, 5.41) is 0. The lowest BCUT2D eigenvalue weighted by molar-refractivity contribution is 0.105. The molecule has 1 aromatic heterocycles. The van der Waals surface area contributed by atoms with Crippen molar-refractivity contribution in [3.8, 4) is 0 Å². The molecular weight excluding hydrogens is 210 g/mol. The van der Waals surface area contributed by atoms with Gasteiger partial charge in [0.1, 0.15) is 5.82 Å². The van der Waals surface area contributed by atoms with Gasteiger partial charge < -0.3 is 9.80 Å². The molecule has 0 N–H and O–H groups in total. The van der Waals surface area contributed by atoms with E-state index >= 15 is 0 Å². The van der Waals surface area contributed by atoms with Crippen LogP contribution in [-0.4, -0.2) is 43.1 Å². The lowest BCUT2D eigenvalue weighted by Crippen LogP contribution is -2.52. The molecule has 17 heavy (non-hydrogen) atoms. The van der Waals surface area contributed by atoms with Crippen molar-refractivity contribution < 1.29 is 0 Å². The fraction of sp³-hybridized carbons (Fsp3) is 0.643. The summed E-state index contributed by atoms with van der Waals surface area (Å²) < 4.78 is 0. The van der Waals surface area contributed by atoms with Crippen LogP contribution in [0, 0.1) is 18.8 Å². The number of aryl methyl sites for hydroxylation is 1. The molecule has 3 rings (SSSR count). The molecule has 0 radical (unpaired) electrons. The van der Waals surface area contributed by atoms with Crippen LogP contribution < -0.4 is 4.90 Å². The van der Waals surface area contributed by atoms with Gasteiger partial charge in [-0.1, -0.05) is 6.07 Å². The largest absolute Gasteiger partial charge is 0.356 e. The third-order valence-corrected chi connectivity index (χ3v) is 3.98. The summed E-state index contributed by atoms with van der Waals surface area (Å²) in [7, 11) is 2.21. The Morgan fingerprint density at radius 1 is 1.18 bits per heavy atom. The second kappa shape index (κ2) is 4.30. The number of likely N-dealkylation sites (tertiary alicyclic amines) is 1. The molecule has 2 saturated heterocycles. The van der Waals surface area contributed by atoms with Crippen molar-refractivity contribution in [2.45, 2.75) is 13.3 Å². The summed E-state index contributed by atoms with van der Waals surface area (Å²) >= 11 is 0. The van der Waals surface area contributed by atoms with E-state index in [4.69, 9.17) is 0 Å². The molecule has 3 nitrogen and oxygen atoms in total. The van der Waals surface area contributed by atoms with Gasteiger partial charge in [-0.25, -0.2) is 4.98 Å². The molecule has 2 aliphatic rings. The maximum atomic E-state index is 4.48. The van der Waals surface area contributed by atoms with Crippen molar-refractivity contribution in [3.63, 3.8) is 0 Å². The highest BCUT2D eigenvalue weighted by Gasteiger charge is 2.33. The Kier molecular flexibility index (Phi) is 2.79. The minimum absolute atomic E-state index is 0.900. The molecule has 2 aliphatic heterocycles. The van der Waals surface area contributed by atoms with Gasteiger partial charge in [0.05, 0.1) is 0 Å². The van der Waals surface area contributed by atoms with Crippen molar-refractivity contribution in [2.24, 2.45) is 11.8 Å². The van der Waals surface area contributed by atoms with Gasteiger partial charge in [-0.15, -0.1) is 0 Å². The van der Waals surface area contributed by atoms with Crippen LogP contribution in [0.4, 0.5) is 5.82 Å². The lowest BCUT2D eigenvalue weighted by Gasteiger charge is -2.45. The maximum absolute atomic E-state index is 4.48. The summed E-state index contributed by atoms with van der Waals surface area (Å²) in [6.45, 7) is 7.11. The zero-order valence-corrected chi connectivity index (χ0v) is 10.8. The van der Waals surface area contributed by atoms with Crippen LogP contribution in [0.1, 0.15) is 12.0 Å². The van der Waals surface area contributed by atoms with Crippen LogP contribution in [0.3, 0.4) is 0 Å². The molecule has 92 valence electrons. The van der Waals surface area contributed by atoms with Crippen LogP contribution in [0.5, 0.6) is 0 Å². The maximum Gasteiger partial charge on any atom is 0.128 e. The van der Waals surface area contributed by atoms with Gasteiger partial charge in [0.2, 0.25) is 0 Å². The quantitative estimate of drug-likeness (QED) is 0.790. The monoisotopic (exact) mass is 231 g/mol. The number of anilines is 1. The molecular formula is C14H21N3. The topological polar surface area (TPSA) is 19.4 Å². The number of hydrogen-bond donors (Lipinski definition) is 0. The van der Waals surface area contributed by atoms with E-state index in [-0.39, 0.29) is 0 Å². The van der Waals surface area contributed by atoms with Crippen molar-refractivity contribution in [2.75, 3.05) is 38.1 Å². The highest BCUT2D eigenvalue weighted by atomic mass is 15.2. The van der Waals surface area contributed by atoms with Crippen LogP contribution in [0.2, 0.25) is 0 Å². The Hall–Kier alpha value is -1.09. The summed E-state index contributed by atoms with van der Waals surface area (Å²) in [4.78, 5) is 9.28. The summed E-state index contributed by atoms with van der Waals surface area (Å²) in [6.07, 6.45) is 3.37. The third kappa shape index (κ3) is 2.29. The van der Waals surface area contributed by atoms with Crippen LogP contribution >= 0.6 is 0 Å². The Bertz CT molecular complexity index is 375. The summed E-state index contributed by atoms with van der Waals surface area (Å²) in [5.41, 5.74) is 1.24. The highest BCUT2D eigenvalue weighted by molar-refractivity contribution is 5.42. The second-order valence-corrected chi connectivity index (χ2v) is 5.79. The van der Waals surface area contributed by atoms with Gasteiger partial charge in [-0.2, -0.15) is 0 Å². The fourth-order valence-electron chi connectivity index (χ4n) is 3.00. The molecule has 2 fully saturated rings. The minimum Gasteiger partial charge on any atom is -0.356 e. The fourth-order valence-corrected chi connectivity index (χ4v) is 3.00. The van der Waals surface area contributed by atoms with Crippen molar-refractivity contribution >= 4 is 5.82 Å². The van der Waals surface area contributed by atoms with E-state index < -0.39 is 0 Å². The van der Waals surface area contributed by atoms with Gasteiger partial charge in [0.25, 0.3) is 0 Å². The van der Waals surface area contributed by atoms with E-state index in [9.17, 15) is 0 Å². The van der Waals surface area contributed by atoms with Crippen molar-refractivity contribution in [1.82, 2.24) is 9.88 Å². The molecule has 0 amide bonds. The summed E-state index contributed by atoms with van der Waals surface area (Å²) in [6, 6.07) is 4.29. The summed E-state index contributed by atoms with van der Waals surface area (Å²) in [5.74, 6) is 3.01. The zero-order chi connectivity index (χ0) is 11.8. The second-order valence-electron chi connectivity index (χ2n) is 5.79. The van der Waals surface area contributed by atoms with Crippen molar-refractivity contribution in [1.29, 1.82) is 0 Å². The van der Waals surface area contributed by atoms with E-state index in [2.05, 4.69) is 40.9 Å². The predicted molar refractivity (Wildman–Crippen MR) is 70.3 cm³/mol. The van der Waals surface area contributed by atoms with Gasteiger partial charge in [0.15, 0.2) is 0 Å². The smallest absolute Gasteiger partial charge is 0.128 e. The first-order valence-corrected chi connectivity index (χ1v) is 6.57. The molecule has 0 saturated carbocycles. The van der Waals surface area contributed by atoms with E-state index in [0.29, 0.717) is 0 Å². The molecule has 0 bridgehead atoms.